The Morgan fingerprint density at radius 1 is 1.15 bits per heavy atom. The minimum absolute atomic E-state index is 0.513. The molecule has 0 aliphatic carbocycles. The van der Waals surface area contributed by atoms with Gasteiger partial charge < -0.3 is 4.74 Å². The molecule has 0 spiro atoms. The van der Waals surface area contributed by atoms with Crippen molar-refractivity contribution >= 4 is 12.2 Å². The van der Waals surface area contributed by atoms with Crippen molar-refractivity contribution in [3.8, 4) is 23.0 Å². The van der Waals surface area contributed by atoms with Crippen LogP contribution in [0.1, 0.15) is 0 Å². The molecule has 5 nitrogen and oxygen atoms in total. The number of methoxy groups -OCH3 is 1. The maximum atomic E-state index is 5.32. The van der Waals surface area contributed by atoms with Gasteiger partial charge in [0.1, 0.15) is 0 Å². The van der Waals surface area contributed by atoms with Gasteiger partial charge in [0.15, 0.2) is 10.6 Å². The van der Waals surface area contributed by atoms with Gasteiger partial charge in [-0.1, -0.05) is 18.2 Å². The van der Waals surface area contributed by atoms with Crippen molar-refractivity contribution in [2.75, 3.05) is 7.11 Å². The topological polar surface area (TPSA) is 55.7 Å². The molecule has 2 heterocycles. The van der Waals surface area contributed by atoms with Gasteiger partial charge in [-0.25, -0.2) is 4.98 Å². The number of rotatable bonds is 3. The molecule has 0 atom stereocenters. The first-order valence-electron chi connectivity index (χ1n) is 6.03. The largest absolute Gasteiger partial charge is 0.480 e. The van der Waals surface area contributed by atoms with Crippen LogP contribution in [-0.2, 0) is 0 Å². The molecule has 2 aromatic heterocycles. The van der Waals surface area contributed by atoms with E-state index in [1.807, 2.05) is 47.0 Å². The summed E-state index contributed by atoms with van der Waals surface area (Å²) in [7, 11) is 1.58. The number of hydrogen-bond donors (Lipinski definition) is 1. The van der Waals surface area contributed by atoms with Gasteiger partial charge in [0.25, 0.3) is 0 Å². The van der Waals surface area contributed by atoms with E-state index in [2.05, 4.69) is 15.2 Å². The lowest BCUT2D eigenvalue weighted by Crippen LogP contribution is -1.99. The fourth-order valence-electron chi connectivity index (χ4n) is 2.02. The Morgan fingerprint density at radius 3 is 2.70 bits per heavy atom. The summed E-state index contributed by atoms with van der Waals surface area (Å²) in [6, 6.07) is 13.5. The van der Waals surface area contributed by atoms with Crippen molar-refractivity contribution in [1.29, 1.82) is 0 Å². The Balaban J connectivity index is 2.24. The van der Waals surface area contributed by atoms with E-state index in [9.17, 15) is 0 Å². The SMILES string of the molecule is COc1ncccc1-c1n[nH]c(=S)n1-c1ccccc1. The van der Waals surface area contributed by atoms with Gasteiger partial charge in [-0.2, -0.15) is 5.10 Å². The van der Waals surface area contributed by atoms with Gasteiger partial charge in [-0.05, 0) is 36.5 Å². The van der Waals surface area contributed by atoms with Crippen LogP contribution in [0.4, 0.5) is 0 Å². The summed E-state index contributed by atoms with van der Waals surface area (Å²) in [4.78, 5) is 4.19. The van der Waals surface area contributed by atoms with Crippen LogP contribution in [0.2, 0.25) is 0 Å². The molecule has 1 aromatic carbocycles. The number of aromatic nitrogens is 4. The maximum absolute atomic E-state index is 5.32. The van der Waals surface area contributed by atoms with E-state index in [1.54, 1.807) is 13.3 Å². The van der Waals surface area contributed by atoms with Gasteiger partial charge in [0.2, 0.25) is 5.88 Å². The minimum Gasteiger partial charge on any atom is -0.480 e. The lowest BCUT2D eigenvalue weighted by molar-refractivity contribution is 0.399. The van der Waals surface area contributed by atoms with Crippen LogP contribution >= 0.6 is 12.2 Å². The van der Waals surface area contributed by atoms with Crippen LogP contribution in [0.25, 0.3) is 17.1 Å². The number of aromatic amines is 1. The van der Waals surface area contributed by atoms with Crippen LogP contribution in [0.3, 0.4) is 0 Å². The van der Waals surface area contributed by atoms with E-state index in [0.717, 1.165) is 11.3 Å². The first-order valence-corrected chi connectivity index (χ1v) is 6.44. The maximum Gasteiger partial charge on any atom is 0.224 e. The fourth-order valence-corrected chi connectivity index (χ4v) is 2.26. The monoisotopic (exact) mass is 284 g/mol. The molecule has 0 aliphatic rings. The van der Waals surface area contributed by atoms with E-state index < -0.39 is 0 Å². The van der Waals surface area contributed by atoms with Gasteiger partial charge in [0, 0.05) is 11.9 Å². The number of pyridine rings is 1. The summed E-state index contributed by atoms with van der Waals surface area (Å²) in [5.74, 6) is 1.19. The number of H-pyrrole nitrogens is 1. The predicted molar refractivity (Wildman–Crippen MR) is 78.5 cm³/mol. The molecule has 0 radical (unpaired) electrons. The molecule has 3 rings (SSSR count). The summed E-state index contributed by atoms with van der Waals surface area (Å²) < 4.78 is 7.67. The third-order valence-corrected chi connectivity index (χ3v) is 3.17. The Labute approximate surface area is 120 Å². The van der Waals surface area contributed by atoms with Gasteiger partial charge in [-0.15, -0.1) is 0 Å². The molecule has 0 saturated carbocycles. The lowest BCUT2D eigenvalue weighted by Gasteiger charge is -2.09. The van der Waals surface area contributed by atoms with Gasteiger partial charge in [0.05, 0.1) is 12.7 Å². The molecule has 20 heavy (non-hydrogen) atoms. The quantitative estimate of drug-likeness (QED) is 0.751. The zero-order valence-electron chi connectivity index (χ0n) is 10.8. The molecule has 0 unspecified atom stereocenters. The molecular weight excluding hydrogens is 272 g/mol. The lowest BCUT2D eigenvalue weighted by atomic mass is 10.2. The van der Waals surface area contributed by atoms with E-state index in [0.29, 0.717) is 16.5 Å². The highest BCUT2D eigenvalue weighted by Gasteiger charge is 2.15. The second-order valence-electron chi connectivity index (χ2n) is 4.08. The fraction of sp³-hybridized carbons (Fsp3) is 0.0714. The summed E-state index contributed by atoms with van der Waals surface area (Å²) in [6.45, 7) is 0. The highest BCUT2D eigenvalue weighted by Crippen LogP contribution is 2.27. The molecule has 0 fully saturated rings. The number of benzene rings is 1. The molecule has 100 valence electrons. The van der Waals surface area contributed by atoms with Gasteiger partial charge in [-0.3, -0.25) is 9.67 Å². The average Bonchev–Trinajstić information content (AvgIpc) is 2.89. The van der Waals surface area contributed by atoms with Crippen molar-refractivity contribution in [2.24, 2.45) is 0 Å². The van der Waals surface area contributed by atoms with Crippen LogP contribution in [0, 0.1) is 4.77 Å². The van der Waals surface area contributed by atoms with Crippen molar-refractivity contribution in [3.63, 3.8) is 0 Å². The summed E-state index contributed by atoms with van der Waals surface area (Å²) >= 11 is 5.32. The third kappa shape index (κ3) is 2.10. The predicted octanol–water partition coefficient (Wildman–Crippen LogP) is 3.00. The Hall–Kier alpha value is -2.47. The summed E-state index contributed by atoms with van der Waals surface area (Å²) in [6.07, 6.45) is 1.68. The van der Waals surface area contributed by atoms with E-state index >= 15 is 0 Å². The number of nitrogens with zero attached hydrogens (tertiary/aromatic N) is 3. The zero-order valence-corrected chi connectivity index (χ0v) is 11.6. The second kappa shape index (κ2) is 5.26. The standard InChI is InChI=1S/C14H12N4OS/c1-19-13-11(8-5-9-15-13)12-16-17-14(20)18(12)10-6-3-2-4-7-10/h2-9H,1H3,(H,17,20). The number of nitrogens with one attached hydrogen (secondary N) is 1. The molecular formula is C14H12N4OS. The normalized spacial score (nSPS) is 10.4. The number of ether oxygens (including phenoxy) is 1. The van der Waals surface area contributed by atoms with Crippen LogP contribution in [-0.4, -0.2) is 26.9 Å². The first kappa shape index (κ1) is 12.6. The van der Waals surface area contributed by atoms with Crippen molar-refractivity contribution in [1.82, 2.24) is 19.7 Å². The molecule has 0 bridgehead atoms. The Morgan fingerprint density at radius 2 is 1.95 bits per heavy atom. The second-order valence-corrected chi connectivity index (χ2v) is 4.47. The van der Waals surface area contributed by atoms with E-state index in [1.165, 1.54) is 0 Å². The minimum atomic E-state index is 0.513. The van der Waals surface area contributed by atoms with Crippen molar-refractivity contribution in [2.45, 2.75) is 0 Å². The van der Waals surface area contributed by atoms with Gasteiger partial charge >= 0.3 is 0 Å². The van der Waals surface area contributed by atoms with Crippen LogP contribution in [0.15, 0.2) is 48.7 Å². The van der Waals surface area contributed by atoms with E-state index in [-0.39, 0.29) is 0 Å². The molecule has 6 heteroatoms. The molecule has 0 saturated heterocycles. The summed E-state index contributed by atoms with van der Waals surface area (Å²) in [5, 5.41) is 7.11. The molecule has 0 aliphatic heterocycles. The van der Waals surface area contributed by atoms with E-state index in [4.69, 9.17) is 17.0 Å². The highest BCUT2D eigenvalue weighted by atomic mass is 32.1. The first-order chi connectivity index (χ1) is 9.81. The zero-order chi connectivity index (χ0) is 13.9. The Kier molecular flexibility index (Phi) is 3.30. The smallest absolute Gasteiger partial charge is 0.224 e. The molecule has 0 amide bonds. The molecule has 1 N–H and O–H groups in total. The Bertz CT molecular complexity index is 779. The average molecular weight is 284 g/mol. The van der Waals surface area contributed by atoms with Crippen LogP contribution < -0.4 is 4.74 Å². The number of para-hydroxylation sites is 1. The van der Waals surface area contributed by atoms with Crippen molar-refractivity contribution in [3.05, 3.63) is 53.4 Å². The third-order valence-electron chi connectivity index (χ3n) is 2.89. The summed E-state index contributed by atoms with van der Waals surface area (Å²) in [5.41, 5.74) is 1.72. The van der Waals surface area contributed by atoms with Crippen molar-refractivity contribution < 1.29 is 4.74 Å². The van der Waals surface area contributed by atoms with Crippen LogP contribution in [0.5, 0.6) is 5.88 Å². The molecule has 3 aromatic rings. The number of hydrogen-bond acceptors (Lipinski definition) is 4. The highest BCUT2D eigenvalue weighted by molar-refractivity contribution is 7.71.